The number of thioether (sulfide) groups is 1. The number of nitrogens with zero attached hydrogens (tertiary/aromatic N) is 1. The molecule has 0 amide bonds. The number of pyridine rings is 1. The van der Waals surface area contributed by atoms with Gasteiger partial charge in [0.05, 0.1) is 6.61 Å². The summed E-state index contributed by atoms with van der Waals surface area (Å²) in [6, 6.07) is 7.67. The Morgan fingerprint density at radius 1 is 1.39 bits per heavy atom. The minimum Gasteiger partial charge on any atom is -0.368 e. The van der Waals surface area contributed by atoms with E-state index in [4.69, 9.17) is 4.74 Å². The van der Waals surface area contributed by atoms with E-state index in [0.29, 0.717) is 12.2 Å². The molecular formula is C14H13NO2S. The molecule has 2 aromatic rings. The summed E-state index contributed by atoms with van der Waals surface area (Å²) >= 11 is 1.77. The molecule has 18 heavy (non-hydrogen) atoms. The number of ketones is 1. The Morgan fingerprint density at radius 3 is 3.17 bits per heavy atom. The highest BCUT2D eigenvalue weighted by molar-refractivity contribution is 7.99. The van der Waals surface area contributed by atoms with Crippen molar-refractivity contribution < 1.29 is 9.53 Å². The van der Waals surface area contributed by atoms with Gasteiger partial charge in [-0.05, 0) is 11.5 Å². The third kappa shape index (κ3) is 2.13. The maximum atomic E-state index is 12.4. The molecule has 0 bridgehead atoms. The molecule has 0 aliphatic carbocycles. The van der Waals surface area contributed by atoms with Gasteiger partial charge in [0.2, 0.25) is 0 Å². The smallest absolute Gasteiger partial charge is 0.193 e. The maximum absolute atomic E-state index is 12.4. The maximum Gasteiger partial charge on any atom is 0.193 e. The Bertz CT molecular complexity index is 574. The van der Waals surface area contributed by atoms with E-state index in [2.05, 4.69) is 4.98 Å². The molecule has 1 aliphatic heterocycles. The summed E-state index contributed by atoms with van der Waals surface area (Å²) in [7, 11) is 0. The monoisotopic (exact) mass is 259 g/mol. The predicted molar refractivity (Wildman–Crippen MR) is 73.1 cm³/mol. The van der Waals surface area contributed by atoms with Gasteiger partial charge in [-0.3, -0.25) is 9.78 Å². The second kappa shape index (κ2) is 5.08. The van der Waals surface area contributed by atoms with Crippen molar-refractivity contribution in [2.45, 2.75) is 6.10 Å². The molecule has 92 valence electrons. The van der Waals surface area contributed by atoms with E-state index in [9.17, 15) is 4.79 Å². The fraction of sp³-hybridized carbons (Fsp3) is 0.286. The van der Waals surface area contributed by atoms with Gasteiger partial charge >= 0.3 is 0 Å². The lowest BCUT2D eigenvalue weighted by Crippen LogP contribution is -2.31. The minimum atomic E-state index is -0.311. The van der Waals surface area contributed by atoms with Gasteiger partial charge in [0.15, 0.2) is 5.78 Å². The number of fused-ring (bicyclic) bond motifs is 1. The first-order valence-corrected chi connectivity index (χ1v) is 7.08. The largest absolute Gasteiger partial charge is 0.368 e. The van der Waals surface area contributed by atoms with Crippen LogP contribution >= 0.6 is 11.8 Å². The van der Waals surface area contributed by atoms with E-state index in [1.165, 1.54) is 0 Å². The zero-order valence-corrected chi connectivity index (χ0v) is 10.7. The van der Waals surface area contributed by atoms with E-state index in [-0.39, 0.29) is 11.9 Å². The summed E-state index contributed by atoms with van der Waals surface area (Å²) in [6.45, 7) is 0.657. The minimum absolute atomic E-state index is 0.0702. The topological polar surface area (TPSA) is 39.2 Å². The molecule has 3 rings (SSSR count). The number of ether oxygens (including phenoxy) is 1. The van der Waals surface area contributed by atoms with Gasteiger partial charge in [0, 0.05) is 34.8 Å². The third-order valence-electron chi connectivity index (χ3n) is 3.06. The number of carbonyl (C=O) groups excluding carboxylic acids is 1. The second-order valence-corrected chi connectivity index (χ2v) is 5.35. The molecule has 1 aromatic carbocycles. The molecule has 4 heteroatoms. The van der Waals surface area contributed by atoms with Crippen LogP contribution in [0.5, 0.6) is 0 Å². The molecule has 1 atom stereocenters. The molecular weight excluding hydrogens is 246 g/mol. The molecule has 3 nitrogen and oxygen atoms in total. The van der Waals surface area contributed by atoms with E-state index >= 15 is 0 Å². The first kappa shape index (κ1) is 11.7. The van der Waals surface area contributed by atoms with Crippen LogP contribution in [0.3, 0.4) is 0 Å². The van der Waals surface area contributed by atoms with Gasteiger partial charge in [-0.25, -0.2) is 0 Å². The van der Waals surface area contributed by atoms with Gasteiger partial charge in [0.1, 0.15) is 6.10 Å². The first-order valence-electron chi connectivity index (χ1n) is 5.92. The lowest BCUT2D eigenvalue weighted by Gasteiger charge is -2.21. The molecule has 1 fully saturated rings. The number of hydrogen-bond donors (Lipinski definition) is 0. The number of benzene rings is 1. The third-order valence-corrected chi connectivity index (χ3v) is 4.05. The van der Waals surface area contributed by atoms with Crippen LogP contribution in [0.4, 0.5) is 0 Å². The molecule has 0 N–H and O–H groups in total. The van der Waals surface area contributed by atoms with Crippen LogP contribution in [0.15, 0.2) is 36.7 Å². The summed E-state index contributed by atoms with van der Waals surface area (Å²) < 4.78 is 5.55. The Morgan fingerprint density at radius 2 is 2.33 bits per heavy atom. The number of hydrogen-bond acceptors (Lipinski definition) is 4. The molecule has 1 saturated heterocycles. The molecule has 0 radical (unpaired) electrons. The normalized spacial score (nSPS) is 19.9. The van der Waals surface area contributed by atoms with E-state index in [0.717, 1.165) is 22.3 Å². The Hall–Kier alpha value is -1.39. The quantitative estimate of drug-likeness (QED) is 0.777. The average molecular weight is 259 g/mol. The van der Waals surface area contributed by atoms with Gasteiger partial charge in [-0.15, -0.1) is 0 Å². The van der Waals surface area contributed by atoms with Crippen LogP contribution in [0.1, 0.15) is 10.4 Å². The number of carbonyl (C=O) groups is 1. The number of rotatable bonds is 2. The van der Waals surface area contributed by atoms with Crippen molar-refractivity contribution in [1.29, 1.82) is 0 Å². The highest BCUT2D eigenvalue weighted by Crippen LogP contribution is 2.22. The lowest BCUT2D eigenvalue weighted by molar-refractivity contribution is 0.0520. The highest BCUT2D eigenvalue weighted by atomic mass is 32.2. The average Bonchev–Trinajstić information content (AvgIpc) is 2.47. The molecule has 0 saturated carbocycles. The van der Waals surface area contributed by atoms with Crippen LogP contribution in [0.2, 0.25) is 0 Å². The van der Waals surface area contributed by atoms with Gasteiger partial charge in [-0.2, -0.15) is 11.8 Å². The van der Waals surface area contributed by atoms with E-state index < -0.39 is 0 Å². The summed E-state index contributed by atoms with van der Waals surface area (Å²) in [5.74, 6) is 1.79. The van der Waals surface area contributed by atoms with Crippen LogP contribution < -0.4 is 0 Å². The summed E-state index contributed by atoms with van der Waals surface area (Å²) in [6.07, 6.45) is 3.18. The van der Waals surface area contributed by atoms with Crippen molar-refractivity contribution in [3.63, 3.8) is 0 Å². The van der Waals surface area contributed by atoms with Crippen molar-refractivity contribution in [1.82, 2.24) is 4.98 Å². The second-order valence-electron chi connectivity index (χ2n) is 4.20. The zero-order chi connectivity index (χ0) is 12.4. The van der Waals surface area contributed by atoms with Crippen molar-refractivity contribution in [3.05, 3.63) is 42.2 Å². The SMILES string of the molecule is O=C(c1cccc2ccncc12)C1CSCCO1. The molecule has 1 aliphatic rings. The van der Waals surface area contributed by atoms with E-state index in [1.807, 2.05) is 24.3 Å². The molecule has 1 unspecified atom stereocenters. The van der Waals surface area contributed by atoms with E-state index in [1.54, 1.807) is 24.2 Å². The number of aromatic nitrogens is 1. The summed E-state index contributed by atoms with van der Waals surface area (Å²) in [5, 5.41) is 1.95. The Kier molecular flexibility index (Phi) is 3.30. The Balaban J connectivity index is 2.00. The van der Waals surface area contributed by atoms with Crippen LogP contribution in [0.25, 0.3) is 10.8 Å². The van der Waals surface area contributed by atoms with Crippen molar-refractivity contribution in [2.75, 3.05) is 18.1 Å². The molecule has 1 aromatic heterocycles. The highest BCUT2D eigenvalue weighted by Gasteiger charge is 2.24. The fourth-order valence-corrected chi connectivity index (χ4v) is 2.98. The number of Topliss-reactive ketones (excluding diaryl/α,β-unsaturated/α-hetero) is 1. The van der Waals surface area contributed by atoms with Crippen LogP contribution in [-0.2, 0) is 4.74 Å². The zero-order valence-electron chi connectivity index (χ0n) is 9.83. The van der Waals surface area contributed by atoms with Crippen molar-refractivity contribution in [2.24, 2.45) is 0 Å². The van der Waals surface area contributed by atoms with Crippen molar-refractivity contribution >= 4 is 28.3 Å². The van der Waals surface area contributed by atoms with Crippen LogP contribution in [-0.4, -0.2) is 35.0 Å². The lowest BCUT2D eigenvalue weighted by atomic mass is 10.0. The standard InChI is InChI=1S/C14H13NO2S/c16-14(13-9-18-7-6-17-13)11-3-1-2-10-4-5-15-8-12(10)11/h1-5,8,13H,6-7,9H2. The van der Waals surface area contributed by atoms with Gasteiger partial charge < -0.3 is 4.74 Å². The van der Waals surface area contributed by atoms with Gasteiger partial charge in [-0.1, -0.05) is 18.2 Å². The summed E-state index contributed by atoms with van der Waals surface area (Å²) in [4.78, 5) is 16.6. The summed E-state index contributed by atoms with van der Waals surface area (Å²) in [5.41, 5.74) is 0.716. The first-order chi connectivity index (χ1) is 8.86. The van der Waals surface area contributed by atoms with Gasteiger partial charge in [0.25, 0.3) is 0 Å². The van der Waals surface area contributed by atoms with Crippen LogP contribution in [0, 0.1) is 0 Å². The Labute approximate surface area is 110 Å². The van der Waals surface area contributed by atoms with Crippen molar-refractivity contribution in [3.8, 4) is 0 Å². The predicted octanol–water partition coefficient (Wildman–Crippen LogP) is 2.55. The fourth-order valence-electron chi connectivity index (χ4n) is 2.14. The molecule has 0 spiro atoms. The molecule has 2 heterocycles.